The zero-order valence-corrected chi connectivity index (χ0v) is 10.7. The Bertz CT molecular complexity index is 514. The third-order valence-corrected chi connectivity index (χ3v) is 3.04. The zero-order chi connectivity index (χ0) is 13.2. The lowest BCUT2D eigenvalue weighted by Crippen LogP contribution is -2.34. The van der Waals surface area contributed by atoms with Crippen molar-refractivity contribution >= 4 is 0 Å². The van der Waals surface area contributed by atoms with E-state index < -0.39 is 5.54 Å². The standard InChI is InChI=1S/C14H18FN3/c1-3-8-14(2,16)13-17-9-12(18-13)10-4-6-11(15)7-5-10/h4-7,9H,3,8,16H2,1-2H3,(H,17,18). The molecule has 2 rings (SSSR count). The number of H-pyrrole nitrogens is 1. The molecule has 0 amide bonds. The normalized spacial score (nSPS) is 14.4. The summed E-state index contributed by atoms with van der Waals surface area (Å²) < 4.78 is 12.9. The number of hydrogen-bond donors (Lipinski definition) is 2. The fourth-order valence-electron chi connectivity index (χ4n) is 2.03. The third kappa shape index (κ3) is 2.59. The predicted molar refractivity (Wildman–Crippen MR) is 70.4 cm³/mol. The van der Waals surface area contributed by atoms with Gasteiger partial charge in [0.05, 0.1) is 17.4 Å². The summed E-state index contributed by atoms with van der Waals surface area (Å²) in [6.45, 7) is 4.05. The Morgan fingerprint density at radius 1 is 1.33 bits per heavy atom. The van der Waals surface area contributed by atoms with Crippen LogP contribution in [0.2, 0.25) is 0 Å². The summed E-state index contributed by atoms with van der Waals surface area (Å²) in [6.07, 6.45) is 3.60. The first-order valence-electron chi connectivity index (χ1n) is 6.13. The molecule has 0 spiro atoms. The van der Waals surface area contributed by atoms with Gasteiger partial charge in [0, 0.05) is 0 Å². The maximum atomic E-state index is 12.9. The smallest absolute Gasteiger partial charge is 0.126 e. The Morgan fingerprint density at radius 2 is 2.00 bits per heavy atom. The molecule has 0 aliphatic heterocycles. The second-order valence-corrected chi connectivity index (χ2v) is 4.82. The van der Waals surface area contributed by atoms with Crippen LogP contribution in [0.5, 0.6) is 0 Å². The van der Waals surface area contributed by atoms with Gasteiger partial charge in [-0.3, -0.25) is 0 Å². The summed E-state index contributed by atoms with van der Waals surface area (Å²) in [5, 5.41) is 0. The molecule has 0 radical (unpaired) electrons. The number of benzene rings is 1. The van der Waals surface area contributed by atoms with Crippen LogP contribution in [0.1, 0.15) is 32.5 Å². The van der Waals surface area contributed by atoms with Crippen LogP contribution in [0.25, 0.3) is 11.3 Å². The number of hydrogen-bond acceptors (Lipinski definition) is 2. The molecule has 0 fully saturated rings. The lowest BCUT2D eigenvalue weighted by molar-refractivity contribution is 0.423. The van der Waals surface area contributed by atoms with Crippen molar-refractivity contribution in [3.8, 4) is 11.3 Å². The van der Waals surface area contributed by atoms with Crippen LogP contribution in [0.15, 0.2) is 30.5 Å². The summed E-state index contributed by atoms with van der Waals surface area (Å²) in [5.41, 5.74) is 7.52. The second kappa shape index (κ2) is 4.90. The highest BCUT2D eigenvalue weighted by Gasteiger charge is 2.23. The molecule has 4 heteroatoms. The molecule has 2 aromatic rings. The molecular weight excluding hydrogens is 229 g/mol. The van der Waals surface area contributed by atoms with Gasteiger partial charge in [-0.05, 0) is 43.2 Å². The largest absolute Gasteiger partial charge is 0.340 e. The van der Waals surface area contributed by atoms with E-state index in [1.807, 2.05) is 6.92 Å². The van der Waals surface area contributed by atoms with E-state index in [1.54, 1.807) is 18.3 Å². The summed E-state index contributed by atoms with van der Waals surface area (Å²) in [5.74, 6) is 0.525. The summed E-state index contributed by atoms with van der Waals surface area (Å²) >= 11 is 0. The van der Waals surface area contributed by atoms with E-state index in [9.17, 15) is 4.39 Å². The van der Waals surface area contributed by atoms with E-state index in [-0.39, 0.29) is 5.82 Å². The number of nitrogens with two attached hydrogens (primary N) is 1. The predicted octanol–water partition coefficient (Wildman–Crippen LogP) is 3.19. The minimum Gasteiger partial charge on any atom is -0.340 e. The van der Waals surface area contributed by atoms with Crippen LogP contribution in [-0.4, -0.2) is 9.97 Å². The highest BCUT2D eigenvalue weighted by atomic mass is 19.1. The van der Waals surface area contributed by atoms with Crippen LogP contribution in [-0.2, 0) is 5.54 Å². The average Bonchev–Trinajstić information content (AvgIpc) is 2.80. The van der Waals surface area contributed by atoms with Gasteiger partial charge in [-0.25, -0.2) is 9.37 Å². The molecule has 1 unspecified atom stereocenters. The number of aromatic amines is 1. The van der Waals surface area contributed by atoms with Crippen molar-refractivity contribution in [2.24, 2.45) is 5.73 Å². The first-order chi connectivity index (χ1) is 8.53. The molecule has 96 valence electrons. The van der Waals surface area contributed by atoms with Gasteiger partial charge in [0.2, 0.25) is 0 Å². The molecule has 3 nitrogen and oxygen atoms in total. The molecule has 0 saturated carbocycles. The van der Waals surface area contributed by atoms with Gasteiger partial charge in [-0.1, -0.05) is 13.3 Å². The monoisotopic (exact) mass is 247 g/mol. The molecule has 0 aliphatic rings. The van der Waals surface area contributed by atoms with Crippen LogP contribution in [0.4, 0.5) is 4.39 Å². The summed E-state index contributed by atoms with van der Waals surface area (Å²) in [7, 11) is 0. The molecule has 0 bridgehead atoms. The SMILES string of the molecule is CCCC(C)(N)c1ncc(-c2ccc(F)cc2)[nH]1. The van der Waals surface area contributed by atoms with E-state index in [0.717, 1.165) is 29.9 Å². The average molecular weight is 247 g/mol. The number of rotatable bonds is 4. The molecule has 3 N–H and O–H groups in total. The van der Waals surface area contributed by atoms with E-state index in [4.69, 9.17) is 5.73 Å². The van der Waals surface area contributed by atoms with Crippen molar-refractivity contribution < 1.29 is 4.39 Å². The molecule has 1 aromatic carbocycles. The molecule has 0 saturated heterocycles. The fraction of sp³-hybridized carbons (Fsp3) is 0.357. The number of imidazole rings is 1. The van der Waals surface area contributed by atoms with Gasteiger partial charge in [0.25, 0.3) is 0 Å². The lowest BCUT2D eigenvalue weighted by atomic mass is 9.97. The number of nitrogens with one attached hydrogen (secondary N) is 1. The first-order valence-corrected chi connectivity index (χ1v) is 6.13. The highest BCUT2D eigenvalue weighted by Crippen LogP contribution is 2.24. The molecule has 1 heterocycles. The van der Waals surface area contributed by atoms with Crippen LogP contribution in [0, 0.1) is 5.82 Å². The van der Waals surface area contributed by atoms with Gasteiger partial charge >= 0.3 is 0 Å². The van der Waals surface area contributed by atoms with Gasteiger partial charge in [-0.2, -0.15) is 0 Å². The van der Waals surface area contributed by atoms with E-state index in [1.165, 1.54) is 12.1 Å². The maximum absolute atomic E-state index is 12.9. The minimum absolute atomic E-state index is 0.242. The quantitative estimate of drug-likeness (QED) is 0.871. The van der Waals surface area contributed by atoms with Crippen LogP contribution in [0.3, 0.4) is 0 Å². The van der Waals surface area contributed by atoms with Crippen LogP contribution >= 0.6 is 0 Å². The molecule has 1 aromatic heterocycles. The van der Waals surface area contributed by atoms with Gasteiger partial charge in [0.1, 0.15) is 11.6 Å². The zero-order valence-electron chi connectivity index (χ0n) is 10.7. The number of nitrogens with zero attached hydrogens (tertiary/aromatic N) is 1. The van der Waals surface area contributed by atoms with Gasteiger partial charge in [-0.15, -0.1) is 0 Å². The van der Waals surface area contributed by atoms with Crippen molar-refractivity contribution in [3.63, 3.8) is 0 Å². The fourth-order valence-corrected chi connectivity index (χ4v) is 2.03. The topological polar surface area (TPSA) is 54.7 Å². The molecular formula is C14H18FN3. The first kappa shape index (κ1) is 12.8. The van der Waals surface area contributed by atoms with Crippen molar-refractivity contribution in [3.05, 3.63) is 42.1 Å². The Morgan fingerprint density at radius 3 is 2.61 bits per heavy atom. The molecule has 0 aliphatic carbocycles. The maximum Gasteiger partial charge on any atom is 0.126 e. The number of halogens is 1. The summed E-state index contributed by atoms with van der Waals surface area (Å²) in [6, 6.07) is 6.31. The Balaban J connectivity index is 2.28. The highest BCUT2D eigenvalue weighted by molar-refractivity contribution is 5.58. The Kier molecular flexibility index (Phi) is 3.48. The van der Waals surface area contributed by atoms with Crippen molar-refractivity contribution in [1.82, 2.24) is 9.97 Å². The van der Waals surface area contributed by atoms with Crippen molar-refractivity contribution in [1.29, 1.82) is 0 Å². The lowest BCUT2D eigenvalue weighted by Gasteiger charge is -2.21. The van der Waals surface area contributed by atoms with E-state index in [2.05, 4.69) is 16.9 Å². The van der Waals surface area contributed by atoms with E-state index in [0.29, 0.717) is 0 Å². The van der Waals surface area contributed by atoms with E-state index >= 15 is 0 Å². The molecule has 1 atom stereocenters. The van der Waals surface area contributed by atoms with Crippen LogP contribution < -0.4 is 5.73 Å². The van der Waals surface area contributed by atoms with Gasteiger partial charge < -0.3 is 10.7 Å². The second-order valence-electron chi connectivity index (χ2n) is 4.82. The Labute approximate surface area is 106 Å². The molecule has 18 heavy (non-hydrogen) atoms. The summed E-state index contributed by atoms with van der Waals surface area (Å²) in [4.78, 5) is 7.55. The third-order valence-electron chi connectivity index (χ3n) is 3.04. The van der Waals surface area contributed by atoms with Gasteiger partial charge in [0.15, 0.2) is 0 Å². The minimum atomic E-state index is -0.451. The number of aromatic nitrogens is 2. The van der Waals surface area contributed by atoms with Crippen molar-refractivity contribution in [2.75, 3.05) is 0 Å². The van der Waals surface area contributed by atoms with Crippen molar-refractivity contribution in [2.45, 2.75) is 32.2 Å². The Hall–Kier alpha value is -1.68.